The molecule has 0 amide bonds. The lowest BCUT2D eigenvalue weighted by Gasteiger charge is -2.19. The Kier molecular flexibility index (Phi) is 13.8. The highest BCUT2D eigenvalue weighted by molar-refractivity contribution is 6.58. The van der Waals surface area contributed by atoms with Crippen LogP contribution in [-0.4, -0.2) is 37.1 Å². The maximum Gasteiger partial charge on any atom is 0.488 e. The van der Waals surface area contributed by atoms with Crippen LogP contribution in [0.2, 0.25) is 20.9 Å². The van der Waals surface area contributed by atoms with Crippen LogP contribution in [0.3, 0.4) is 0 Å². The van der Waals surface area contributed by atoms with Crippen LogP contribution < -0.4 is 5.46 Å². The Labute approximate surface area is 311 Å². The molecule has 49 heavy (non-hydrogen) atoms. The quantitative estimate of drug-likeness (QED) is 0.109. The average Bonchev–Trinajstić information content (AvgIpc) is 3.00. The van der Waals surface area contributed by atoms with Gasteiger partial charge in [-0.25, -0.2) is 19.9 Å². The second-order valence-electron chi connectivity index (χ2n) is 14.6. The Morgan fingerprint density at radius 2 is 0.755 bits per heavy atom. The van der Waals surface area contributed by atoms with Crippen LogP contribution in [0.4, 0.5) is 0 Å². The van der Waals surface area contributed by atoms with Gasteiger partial charge in [0.25, 0.3) is 0 Å². The van der Waals surface area contributed by atoms with Gasteiger partial charge in [-0.3, -0.25) is 0 Å². The fourth-order valence-electron chi connectivity index (χ4n) is 4.51. The van der Waals surface area contributed by atoms with Gasteiger partial charge < -0.3 is 10.0 Å². The van der Waals surface area contributed by atoms with Gasteiger partial charge in [-0.1, -0.05) is 158 Å². The fourth-order valence-corrected chi connectivity index (χ4v) is 5.39. The van der Waals surface area contributed by atoms with Crippen LogP contribution in [0.25, 0.3) is 22.5 Å². The average molecular weight is 740 g/mol. The molecule has 2 N–H and O–H groups in total. The molecule has 6 nitrogen and oxygen atoms in total. The number of hydrogen-bond donors (Lipinski definition) is 2. The summed E-state index contributed by atoms with van der Waals surface area (Å²) >= 11 is 22.5. The maximum atomic E-state index is 8.87. The van der Waals surface area contributed by atoms with E-state index in [-0.39, 0.29) is 37.1 Å². The number of nitrogens with zero attached hydrogens (tertiary/aromatic N) is 4. The SMILES string of the molecule is CC(C)(C)c1ccc(-c2cc(-c3ccc(C(C)(C)C)cc3)nc(Cl)n2)cc1.CC(C)(C)c1ccc(B(O)O)cc1.Clc1cc(Cl)nc(Cl)n1. The summed E-state index contributed by atoms with van der Waals surface area (Å²) in [5.74, 6) is 0. The molecule has 0 saturated carbocycles. The maximum absolute atomic E-state index is 8.87. The highest BCUT2D eigenvalue weighted by Crippen LogP contribution is 2.30. The van der Waals surface area contributed by atoms with E-state index in [1.54, 1.807) is 12.1 Å². The van der Waals surface area contributed by atoms with E-state index in [9.17, 15) is 0 Å². The van der Waals surface area contributed by atoms with E-state index < -0.39 is 7.12 Å². The predicted octanol–water partition coefficient (Wildman–Crippen LogP) is 10.2. The molecule has 0 bridgehead atoms. The van der Waals surface area contributed by atoms with E-state index in [4.69, 9.17) is 56.5 Å². The zero-order valence-electron chi connectivity index (χ0n) is 29.4. The first-order valence-electron chi connectivity index (χ1n) is 15.7. The third-order valence-electron chi connectivity index (χ3n) is 7.50. The molecule has 5 rings (SSSR count). The molecule has 2 aromatic heterocycles. The lowest BCUT2D eigenvalue weighted by molar-refractivity contribution is 0.425. The van der Waals surface area contributed by atoms with Gasteiger partial charge in [-0.05, 0) is 67.7 Å². The van der Waals surface area contributed by atoms with Gasteiger partial charge in [0.2, 0.25) is 10.6 Å². The summed E-state index contributed by atoms with van der Waals surface area (Å²) in [6, 6.07) is 27.8. The molecule has 0 radical (unpaired) electrons. The smallest absolute Gasteiger partial charge is 0.423 e. The molecule has 0 atom stereocenters. The predicted molar refractivity (Wildman–Crippen MR) is 207 cm³/mol. The highest BCUT2D eigenvalue weighted by atomic mass is 35.5. The zero-order chi connectivity index (χ0) is 36.7. The van der Waals surface area contributed by atoms with Crippen molar-refractivity contribution in [3.8, 4) is 22.5 Å². The molecule has 0 fully saturated rings. The summed E-state index contributed by atoms with van der Waals surface area (Å²) in [5.41, 5.74) is 8.44. The van der Waals surface area contributed by atoms with Crippen LogP contribution in [-0.2, 0) is 16.2 Å². The van der Waals surface area contributed by atoms with Crippen molar-refractivity contribution in [1.82, 2.24) is 19.9 Å². The molecule has 0 aliphatic carbocycles. The van der Waals surface area contributed by atoms with Crippen molar-refractivity contribution in [2.75, 3.05) is 0 Å². The molecule has 258 valence electrons. The summed E-state index contributed by atoms with van der Waals surface area (Å²) in [6.45, 7) is 19.6. The van der Waals surface area contributed by atoms with E-state index >= 15 is 0 Å². The number of aromatic nitrogens is 4. The molecule has 0 spiro atoms. The number of benzene rings is 3. The molecule has 2 heterocycles. The Bertz CT molecular complexity index is 1690. The van der Waals surface area contributed by atoms with Crippen molar-refractivity contribution < 1.29 is 10.0 Å². The first kappa shape index (κ1) is 40.4. The molecular formula is C38H43BCl4N4O2. The Morgan fingerprint density at radius 1 is 0.449 bits per heavy atom. The first-order valence-corrected chi connectivity index (χ1v) is 17.2. The van der Waals surface area contributed by atoms with Gasteiger partial charge in [0, 0.05) is 17.2 Å². The summed E-state index contributed by atoms with van der Waals surface area (Å²) in [5, 5.41) is 18.6. The largest absolute Gasteiger partial charge is 0.488 e. The minimum atomic E-state index is -1.37. The molecule has 11 heteroatoms. The van der Waals surface area contributed by atoms with Crippen molar-refractivity contribution >= 4 is 59.0 Å². The second-order valence-corrected chi connectivity index (χ2v) is 16.0. The summed E-state index contributed by atoms with van der Waals surface area (Å²) < 4.78 is 0. The Hall–Kier alpha value is -3.04. The third kappa shape index (κ3) is 12.7. The van der Waals surface area contributed by atoms with E-state index in [0.29, 0.717) is 5.46 Å². The normalized spacial score (nSPS) is 11.6. The monoisotopic (exact) mass is 738 g/mol. The van der Waals surface area contributed by atoms with Crippen LogP contribution in [0, 0.1) is 0 Å². The highest BCUT2D eigenvalue weighted by Gasteiger charge is 2.17. The van der Waals surface area contributed by atoms with E-state index in [2.05, 4.69) is 131 Å². The van der Waals surface area contributed by atoms with Crippen molar-refractivity contribution in [3.63, 3.8) is 0 Å². The summed E-state index contributed by atoms with van der Waals surface area (Å²) in [4.78, 5) is 16.0. The van der Waals surface area contributed by atoms with Gasteiger partial charge in [0.1, 0.15) is 10.3 Å². The summed E-state index contributed by atoms with van der Waals surface area (Å²) in [6.07, 6.45) is 0. The van der Waals surface area contributed by atoms with Gasteiger partial charge >= 0.3 is 7.12 Å². The minimum Gasteiger partial charge on any atom is -0.423 e. The van der Waals surface area contributed by atoms with Crippen molar-refractivity contribution in [2.24, 2.45) is 0 Å². The first-order chi connectivity index (χ1) is 22.6. The van der Waals surface area contributed by atoms with Gasteiger partial charge in [-0.2, -0.15) is 0 Å². The third-order valence-corrected chi connectivity index (χ3v) is 8.23. The molecule has 0 saturated heterocycles. The van der Waals surface area contributed by atoms with Crippen molar-refractivity contribution in [3.05, 3.63) is 122 Å². The second kappa shape index (κ2) is 16.8. The van der Waals surface area contributed by atoms with E-state index in [1.807, 2.05) is 18.2 Å². The molecule has 0 unspecified atom stereocenters. The zero-order valence-corrected chi connectivity index (χ0v) is 32.4. The number of halogens is 4. The lowest BCUT2D eigenvalue weighted by Crippen LogP contribution is -2.29. The standard InChI is InChI=1S/C24H27ClN2.C10H15BO2.C4HCl3N2/c1-23(2,3)18-11-7-16(8-12-18)20-15-21(27-22(25)26-20)17-9-13-19(14-10-17)24(4,5)6;1-10(2,3)8-4-6-9(7-5-8)11(12)13;5-2-1-3(6)9-4(7)8-2/h7-15H,1-6H3;4-7,12-13H,1-3H3;1H. The van der Waals surface area contributed by atoms with E-state index in [1.165, 1.54) is 22.8 Å². The van der Waals surface area contributed by atoms with Crippen molar-refractivity contribution in [2.45, 2.75) is 78.6 Å². The summed E-state index contributed by atoms with van der Waals surface area (Å²) in [7, 11) is -1.37. The van der Waals surface area contributed by atoms with Crippen LogP contribution in [0.1, 0.15) is 79.0 Å². The molecule has 5 aromatic rings. The topological polar surface area (TPSA) is 92.0 Å². The molecule has 0 aliphatic heterocycles. The fraction of sp³-hybridized carbons (Fsp3) is 0.316. The lowest BCUT2D eigenvalue weighted by atomic mass is 9.78. The molecule has 3 aromatic carbocycles. The minimum absolute atomic E-state index is 0.0625. The van der Waals surface area contributed by atoms with Gasteiger partial charge in [0.15, 0.2) is 0 Å². The van der Waals surface area contributed by atoms with Gasteiger partial charge in [0.05, 0.1) is 11.4 Å². The van der Waals surface area contributed by atoms with Crippen molar-refractivity contribution in [1.29, 1.82) is 0 Å². The number of rotatable bonds is 3. The molecule has 0 aliphatic rings. The van der Waals surface area contributed by atoms with E-state index in [0.717, 1.165) is 22.5 Å². The van der Waals surface area contributed by atoms with Gasteiger partial charge in [-0.15, -0.1) is 0 Å². The van der Waals surface area contributed by atoms with Crippen LogP contribution in [0.5, 0.6) is 0 Å². The van der Waals surface area contributed by atoms with Crippen LogP contribution in [0.15, 0.2) is 84.9 Å². The number of hydrogen-bond acceptors (Lipinski definition) is 6. The Balaban J connectivity index is 0.000000243. The molecular weight excluding hydrogens is 697 g/mol. The Morgan fingerprint density at radius 3 is 1.04 bits per heavy atom. The van der Waals surface area contributed by atoms with Crippen LogP contribution >= 0.6 is 46.4 Å².